The number of aromatic hydroxyl groups is 1. The van der Waals surface area contributed by atoms with E-state index in [1.807, 2.05) is 0 Å². The van der Waals surface area contributed by atoms with Crippen molar-refractivity contribution in [2.75, 3.05) is 0 Å². The summed E-state index contributed by atoms with van der Waals surface area (Å²) in [4.78, 5) is 0. The average Bonchev–Trinajstić information content (AvgIpc) is 2.95. The number of phenols is 1. The third-order valence-electron chi connectivity index (χ3n) is 7.73. The van der Waals surface area contributed by atoms with Crippen LogP contribution in [0.25, 0.3) is 0 Å². The van der Waals surface area contributed by atoms with Crippen molar-refractivity contribution in [2.24, 2.45) is 0 Å². The molecule has 0 aliphatic heterocycles. The number of phenolic OH excluding ortho intramolecular Hbond substituents is 1. The Labute approximate surface area is 267 Å². The van der Waals surface area contributed by atoms with Crippen LogP contribution < -0.4 is 21.9 Å². The highest BCUT2D eigenvalue weighted by atomic mass is 19.4. The molecule has 0 aliphatic rings. The van der Waals surface area contributed by atoms with Crippen LogP contribution in [0.4, 0.5) is 79.0 Å². The number of para-hydroxylation sites is 1. The Hall–Kier alpha value is -4.52. The van der Waals surface area contributed by atoms with Crippen LogP contribution >= 0.6 is 0 Å². The van der Waals surface area contributed by atoms with Gasteiger partial charge in [-0.05, 0) is 24.3 Å². The highest BCUT2D eigenvalue weighted by Crippen LogP contribution is 2.39. The number of hydrogen-bond acceptors (Lipinski definition) is 1. The second kappa shape index (κ2) is 12.1. The minimum atomic E-state index is -5.80. The van der Waals surface area contributed by atoms with Crippen molar-refractivity contribution < 1.29 is 84.1 Å². The lowest BCUT2D eigenvalue weighted by molar-refractivity contribution is -0.144. The Bertz CT molecular complexity index is 1610. The number of hydrogen-bond donors (Lipinski definition) is 1. The second-order valence-electron chi connectivity index (χ2n) is 10.9. The van der Waals surface area contributed by atoms with Gasteiger partial charge in [-0.15, -0.1) is 0 Å². The van der Waals surface area contributed by atoms with E-state index in [0.717, 1.165) is 12.1 Å². The van der Waals surface area contributed by atoms with Crippen molar-refractivity contribution in [2.45, 2.75) is 37.1 Å². The molecule has 0 bridgehead atoms. The predicted octanol–water partition coefficient (Wildman–Crippen LogP) is 8.88. The number of rotatable bonds is 4. The molecule has 0 unspecified atom stereocenters. The molecule has 1 nitrogen and oxygen atoms in total. The van der Waals surface area contributed by atoms with Gasteiger partial charge in [0.05, 0.1) is 39.1 Å². The van der Waals surface area contributed by atoms with Crippen LogP contribution in [0.1, 0.15) is 33.4 Å². The fraction of sp³-hybridized carbons (Fsp3) is 0.200. The molecule has 0 fully saturated rings. The molecule has 0 heterocycles. The Morgan fingerprint density at radius 2 is 0.560 bits per heavy atom. The Morgan fingerprint density at radius 1 is 0.340 bits per heavy atom. The van der Waals surface area contributed by atoms with Crippen LogP contribution in [-0.2, 0) is 37.1 Å². The molecule has 4 aromatic carbocycles. The molecule has 4 aromatic rings. The monoisotopic (exact) mass is 743 g/mol. The molecule has 0 amide bonds. The van der Waals surface area contributed by atoms with Crippen LogP contribution in [0.5, 0.6) is 5.75 Å². The normalized spacial score (nSPS) is 13.9. The van der Waals surface area contributed by atoms with Gasteiger partial charge in [0.1, 0.15) is 6.15 Å². The predicted molar refractivity (Wildman–Crippen MR) is 142 cm³/mol. The summed E-state index contributed by atoms with van der Waals surface area (Å²) in [7, 11) is 0. The number of halogens is 18. The van der Waals surface area contributed by atoms with Crippen molar-refractivity contribution in [3.05, 3.63) is 112 Å². The molecule has 1 N–H and O–H groups in total. The smallest absolute Gasteiger partial charge is 0.416 e. The van der Waals surface area contributed by atoms with E-state index in [1.165, 1.54) is 0 Å². The average molecular weight is 743 g/mol. The molecular formula is C30H14BF18O-. The van der Waals surface area contributed by atoms with E-state index >= 15 is 0 Å². The standard InChI is InChI=1S/C30H14BF18O/c32-25(33,34)14-5-15(26(35,36)37)9-20(8-14)31(23-3-1-2-4-24(23)50,21-10-16(27(38,39)40)6-17(11-21)28(41,42)43)22-12-18(29(44,45)46)7-19(13-22)30(47,48)49/h1-13,50H/q-1. The van der Waals surface area contributed by atoms with Gasteiger partial charge in [0, 0.05) is 0 Å². The molecule has 0 aromatic heterocycles. The highest BCUT2D eigenvalue weighted by molar-refractivity contribution is 7.20. The first-order chi connectivity index (χ1) is 22.5. The molecule has 0 spiro atoms. The van der Waals surface area contributed by atoms with Gasteiger partial charge in [-0.1, -0.05) is 54.6 Å². The van der Waals surface area contributed by atoms with Crippen molar-refractivity contribution in [3.63, 3.8) is 0 Å². The van der Waals surface area contributed by atoms with Crippen molar-refractivity contribution in [3.8, 4) is 5.75 Å². The summed E-state index contributed by atoms with van der Waals surface area (Å²) in [5, 5.41) is 10.9. The van der Waals surface area contributed by atoms with Gasteiger partial charge in [-0.25, -0.2) is 0 Å². The van der Waals surface area contributed by atoms with Crippen LogP contribution in [0.15, 0.2) is 78.9 Å². The van der Waals surface area contributed by atoms with E-state index in [9.17, 15) is 84.1 Å². The number of benzene rings is 4. The molecule has 0 saturated carbocycles. The van der Waals surface area contributed by atoms with E-state index < -0.39 is 122 Å². The second-order valence-corrected chi connectivity index (χ2v) is 10.9. The zero-order valence-electron chi connectivity index (χ0n) is 23.8. The van der Waals surface area contributed by atoms with Crippen LogP contribution in [0.3, 0.4) is 0 Å². The Morgan fingerprint density at radius 3 is 0.760 bits per heavy atom. The van der Waals surface area contributed by atoms with Crippen molar-refractivity contribution in [1.82, 2.24) is 0 Å². The molecule has 270 valence electrons. The maximum Gasteiger partial charge on any atom is 0.416 e. The summed E-state index contributed by atoms with van der Waals surface area (Å²) in [6.45, 7) is 0. The molecule has 0 saturated heterocycles. The zero-order chi connectivity index (χ0) is 38.0. The lowest BCUT2D eigenvalue weighted by atomic mass is 9.12. The topological polar surface area (TPSA) is 20.2 Å². The first kappa shape index (κ1) is 38.3. The fourth-order valence-corrected chi connectivity index (χ4v) is 5.66. The van der Waals surface area contributed by atoms with Gasteiger partial charge < -0.3 is 5.11 Å². The third-order valence-corrected chi connectivity index (χ3v) is 7.73. The van der Waals surface area contributed by atoms with Gasteiger partial charge in [0.15, 0.2) is 0 Å². The summed E-state index contributed by atoms with van der Waals surface area (Å²) in [6, 6.07) is -0.567. The summed E-state index contributed by atoms with van der Waals surface area (Å²) in [5.74, 6) is -1.35. The lowest BCUT2D eigenvalue weighted by Crippen LogP contribution is -2.75. The van der Waals surface area contributed by atoms with Crippen LogP contribution in [0, 0.1) is 0 Å². The summed E-state index contributed by atoms with van der Waals surface area (Å²) < 4.78 is 254. The third kappa shape index (κ3) is 7.47. The minimum absolute atomic E-state index is 0.275. The first-order valence-electron chi connectivity index (χ1n) is 13.3. The van der Waals surface area contributed by atoms with Gasteiger partial charge >= 0.3 is 37.1 Å². The fourth-order valence-electron chi connectivity index (χ4n) is 5.66. The maximum absolute atomic E-state index is 14.1. The first-order valence-corrected chi connectivity index (χ1v) is 13.3. The molecule has 0 atom stereocenters. The van der Waals surface area contributed by atoms with Gasteiger partial charge in [0.2, 0.25) is 0 Å². The Kier molecular flexibility index (Phi) is 9.24. The maximum atomic E-state index is 14.1. The largest absolute Gasteiger partial charge is 0.511 e. The lowest BCUT2D eigenvalue weighted by Gasteiger charge is -2.46. The molecule has 50 heavy (non-hydrogen) atoms. The van der Waals surface area contributed by atoms with Crippen LogP contribution in [-0.4, -0.2) is 11.3 Å². The number of alkyl halides is 18. The van der Waals surface area contributed by atoms with Gasteiger partial charge in [-0.3, -0.25) is 0 Å². The quantitative estimate of drug-likeness (QED) is 0.164. The molecule has 20 heteroatoms. The summed E-state index contributed by atoms with van der Waals surface area (Å²) >= 11 is 0. The van der Waals surface area contributed by atoms with Gasteiger partial charge in [0.25, 0.3) is 0 Å². The highest BCUT2D eigenvalue weighted by Gasteiger charge is 2.45. The van der Waals surface area contributed by atoms with E-state index in [0.29, 0.717) is 12.1 Å². The van der Waals surface area contributed by atoms with Crippen LogP contribution in [0.2, 0.25) is 0 Å². The van der Waals surface area contributed by atoms with Gasteiger partial charge in [-0.2, -0.15) is 101 Å². The SMILES string of the molecule is Oc1ccccc1[B-](c1cc(C(F)(F)F)cc(C(F)(F)F)c1)(c1cc(C(F)(F)F)cc(C(F)(F)F)c1)c1cc(C(F)(F)F)cc(C(F)(F)F)c1. The van der Waals surface area contributed by atoms with E-state index in [4.69, 9.17) is 0 Å². The molecule has 0 radical (unpaired) electrons. The van der Waals surface area contributed by atoms with E-state index in [1.54, 1.807) is 0 Å². The van der Waals surface area contributed by atoms with Crippen molar-refractivity contribution >= 4 is 28.0 Å². The van der Waals surface area contributed by atoms with E-state index in [2.05, 4.69) is 0 Å². The van der Waals surface area contributed by atoms with Crippen molar-refractivity contribution in [1.29, 1.82) is 0 Å². The Balaban J connectivity index is 2.49. The summed E-state index contributed by atoms with van der Waals surface area (Å²) in [6.07, 6.45) is -39.7. The zero-order valence-corrected chi connectivity index (χ0v) is 23.8. The molecule has 4 rings (SSSR count). The van der Waals surface area contributed by atoms with E-state index in [-0.39, 0.29) is 36.4 Å². The minimum Gasteiger partial charge on any atom is -0.511 e. The molecule has 0 aliphatic carbocycles. The molecular weight excluding hydrogens is 729 g/mol. The summed E-state index contributed by atoms with van der Waals surface area (Å²) in [5.41, 5.74) is -20.0.